The summed E-state index contributed by atoms with van der Waals surface area (Å²) in [7, 11) is 0. The topological polar surface area (TPSA) is 15.6 Å². The number of rotatable bonds is 4. The number of hydrogen-bond acceptors (Lipinski definition) is 2. The highest BCUT2D eigenvalue weighted by Crippen LogP contribution is 2.45. The van der Waals surface area contributed by atoms with Crippen molar-refractivity contribution < 1.29 is 0 Å². The SMILES string of the molecule is C=Nc1cc(-c2ccc(-c3ccccc3)cc2)ccc1N1Cc2ccccc2-c2ccccc21. The third-order valence-corrected chi connectivity index (χ3v) is 6.59. The maximum absolute atomic E-state index is 4.43. The summed E-state index contributed by atoms with van der Waals surface area (Å²) in [5.41, 5.74) is 11.8. The van der Waals surface area contributed by atoms with E-state index in [9.17, 15) is 0 Å². The standard InChI is InChI=1S/C32H24N2/c1-33-30-21-26(25-17-15-24(16-18-25)23-9-3-2-4-10-23)19-20-32(30)34-22-27-11-5-6-12-28(27)29-13-7-8-14-31(29)34/h2-21H,1,22H2. The van der Waals surface area contributed by atoms with Gasteiger partial charge >= 0.3 is 0 Å². The van der Waals surface area contributed by atoms with Crippen LogP contribution in [0.2, 0.25) is 0 Å². The second kappa shape index (κ2) is 8.49. The molecular formula is C32H24N2. The van der Waals surface area contributed by atoms with Crippen LogP contribution in [0.5, 0.6) is 0 Å². The molecule has 6 rings (SSSR count). The van der Waals surface area contributed by atoms with Crippen LogP contribution in [-0.2, 0) is 6.54 Å². The minimum atomic E-state index is 0.806. The fraction of sp³-hybridized carbons (Fsp3) is 0.0312. The molecule has 0 radical (unpaired) electrons. The minimum Gasteiger partial charge on any atom is -0.335 e. The maximum Gasteiger partial charge on any atom is 0.0865 e. The predicted molar refractivity (Wildman–Crippen MR) is 144 cm³/mol. The van der Waals surface area contributed by atoms with Gasteiger partial charge in [-0.05, 0) is 58.3 Å². The molecule has 0 spiro atoms. The molecule has 0 N–H and O–H groups in total. The van der Waals surface area contributed by atoms with E-state index in [2.05, 4.69) is 132 Å². The lowest BCUT2D eigenvalue weighted by Gasteiger charge is -2.33. The van der Waals surface area contributed by atoms with Crippen LogP contribution in [0, 0.1) is 0 Å². The van der Waals surface area contributed by atoms with Crippen LogP contribution in [0.3, 0.4) is 0 Å². The molecule has 1 heterocycles. The summed E-state index contributed by atoms with van der Waals surface area (Å²) in [4.78, 5) is 6.79. The van der Waals surface area contributed by atoms with E-state index >= 15 is 0 Å². The molecule has 5 aromatic carbocycles. The molecule has 34 heavy (non-hydrogen) atoms. The molecule has 162 valence electrons. The highest BCUT2D eigenvalue weighted by molar-refractivity contribution is 5.90. The molecule has 2 heteroatoms. The summed E-state index contributed by atoms with van der Waals surface area (Å²) < 4.78 is 0. The van der Waals surface area contributed by atoms with Crippen LogP contribution in [0.1, 0.15) is 5.56 Å². The van der Waals surface area contributed by atoms with Gasteiger partial charge in [0.25, 0.3) is 0 Å². The fourth-order valence-corrected chi connectivity index (χ4v) is 4.87. The zero-order chi connectivity index (χ0) is 22.9. The lowest BCUT2D eigenvalue weighted by Crippen LogP contribution is -2.21. The Balaban J connectivity index is 1.38. The van der Waals surface area contributed by atoms with E-state index in [0.717, 1.165) is 23.5 Å². The van der Waals surface area contributed by atoms with Crippen LogP contribution >= 0.6 is 0 Å². The first-order chi connectivity index (χ1) is 16.8. The molecule has 0 saturated carbocycles. The number of benzene rings is 5. The number of nitrogens with zero attached hydrogens (tertiary/aromatic N) is 2. The van der Waals surface area contributed by atoms with Crippen LogP contribution in [0.4, 0.5) is 17.1 Å². The van der Waals surface area contributed by atoms with E-state index in [1.165, 1.54) is 39.1 Å². The first-order valence-corrected chi connectivity index (χ1v) is 11.5. The summed E-state index contributed by atoms with van der Waals surface area (Å²) in [5.74, 6) is 0. The summed E-state index contributed by atoms with van der Waals surface area (Å²) in [6.45, 7) is 4.70. The second-order valence-electron chi connectivity index (χ2n) is 8.57. The van der Waals surface area contributed by atoms with Gasteiger partial charge in [-0.2, -0.15) is 0 Å². The molecule has 0 atom stereocenters. The van der Waals surface area contributed by atoms with Crippen molar-refractivity contribution in [3.05, 3.63) is 127 Å². The lowest BCUT2D eigenvalue weighted by atomic mass is 9.92. The second-order valence-corrected chi connectivity index (χ2v) is 8.57. The van der Waals surface area contributed by atoms with Gasteiger partial charge in [-0.15, -0.1) is 0 Å². The normalized spacial score (nSPS) is 12.1. The van der Waals surface area contributed by atoms with Gasteiger partial charge in [0, 0.05) is 17.8 Å². The Morgan fingerprint density at radius 1 is 0.529 bits per heavy atom. The molecule has 0 saturated heterocycles. The van der Waals surface area contributed by atoms with Crippen molar-refractivity contribution in [3.8, 4) is 33.4 Å². The number of para-hydroxylation sites is 1. The average Bonchev–Trinajstić information content (AvgIpc) is 2.93. The maximum atomic E-state index is 4.43. The first-order valence-electron chi connectivity index (χ1n) is 11.5. The number of aliphatic imine (C=N–C) groups is 1. The molecule has 0 bridgehead atoms. The third kappa shape index (κ3) is 3.50. The predicted octanol–water partition coefficient (Wildman–Crippen LogP) is 8.67. The van der Waals surface area contributed by atoms with Gasteiger partial charge in [-0.25, -0.2) is 0 Å². The molecular weight excluding hydrogens is 412 g/mol. The average molecular weight is 437 g/mol. The van der Waals surface area contributed by atoms with Crippen molar-refractivity contribution in [2.45, 2.75) is 6.54 Å². The Morgan fingerprint density at radius 2 is 1.12 bits per heavy atom. The van der Waals surface area contributed by atoms with E-state index in [1.807, 2.05) is 6.07 Å². The fourth-order valence-electron chi connectivity index (χ4n) is 4.87. The Hall–Kier alpha value is -4.43. The molecule has 0 unspecified atom stereocenters. The van der Waals surface area contributed by atoms with Gasteiger partial charge in [0.2, 0.25) is 0 Å². The van der Waals surface area contributed by atoms with Crippen molar-refractivity contribution in [2.75, 3.05) is 4.90 Å². The smallest absolute Gasteiger partial charge is 0.0865 e. The van der Waals surface area contributed by atoms with E-state index in [1.54, 1.807) is 0 Å². The van der Waals surface area contributed by atoms with Crippen LogP contribution in [-0.4, -0.2) is 6.72 Å². The van der Waals surface area contributed by atoms with Crippen LogP contribution < -0.4 is 4.90 Å². The van der Waals surface area contributed by atoms with E-state index in [-0.39, 0.29) is 0 Å². The molecule has 0 fully saturated rings. The zero-order valence-electron chi connectivity index (χ0n) is 18.9. The largest absolute Gasteiger partial charge is 0.335 e. The lowest BCUT2D eigenvalue weighted by molar-refractivity contribution is 0.961. The molecule has 0 amide bonds. The van der Waals surface area contributed by atoms with Crippen molar-refractivity contribution in [1.29, 1.82) is 0 Å². The number of hydrogen-bond donors (Lipinski definition) is 0. The van der Waals surface area contributed by atoms with Gasteiger partial charge in [0.1, 0.15) is 0 Å². The molecule has 5 aromatic rings. The van der Waals surface area contributed by atoms with Crippen LogP contribution in [0.25, 0.3) is 33.4 Å². The number of fused-ring (bicyclic) bond motifs is 3. The molecule has 1 aliphatic heterocycles. The molecule has 0 aliphatic carbocycles. The molecule has 0 aromatic heterocycles. The Morgan fingerprint density at radius 3 is 1.88 bits per heavy atom. The summed E-state index contributed by atoms with van der Waals surface area (Å²) in [5, 5.41) is 0. The molecule has 1 aliphatic rings. The van der Waals surface area contributed by atoms with E-state index in [4.69, 9.17) is 0 Å². The molecule has 2 nitrogen and oxygen atoms in total. The number of anilines is 2. The van der Waals surface area contributed by atoms with Gasteiger partial charge in [0.05, 0.1) is 11.4 Å². The Bertz CT molecular complexity index is 1480. The van der Waals surface area contributed by atoms with Gasteiger partial charge in [-0.1, -0.05) is 103 Å². The highest BCUT2D eigenvalue weighted by Gasteiger charge is 2.24. The summed E-state index contributed by atoms with van der Waals surface area (Å²) in [6.07, 6.45) is 0. The van der Waals surface area contributed by atoms with Crippen molar-refractivity contribution >= 4 is 23.8 Å². The Kier molecular flexibility index (Phi) is 5.04. The monoisotopic (exact) mass is 436 g/mol. The van der Waals surface area contributed by atoms with E-state index < -0.39 is 0 Å². The van der Waals surface area contributed by atoms with Crippen molar-refractivity contribution in [2.24, 2.45) is 4.99 Å². The van der Waals surface area contributed by atoms with Crippen molar-refractivity contribution in [1.82, 2.24) is 0 Å². The Labute approximate surface area is 200 Å². The van der Waals surface area contributed by atoms with Crippen LogP contribution in [0.15, 0.2) is 126 Å². The van der Waals surface area contributed by atoms with E-state index in [0.29, 0.717) is 0 Å². The quantitative estimate of drug-likeness (QED) is 0.257. The van der Waals surface area contributed by atoms with Gasteiger partial charge in [-0.3, -0.25) is 4.99 Å². The van der Waals surface area contributed by atoms with Gasteiger partial charge in [0.15, 0.2) is 0 Å². The minimum absolute atomic E-state index is 0.806. The van der Waals surface area contributed by atoms with Crippen molar-refractivity contribution in [3.63, 3.8) is 0 Å². The highest BCUT2D eigenvalue weighted by atomic mass is 15.2. The third-order valence-electron chi connectivity index (χ3n) is 6.59. The van der Waals surface area contributed by atoms with Gasteiger partial charge < -0.3 is 4.90 Å². The first kappa shape index (κ1) is 20.2. The zero-order valence-corrected chi connectivity index (χ0v) is 18.9. The summed E-state index contributed by atoms with van der Waals surface area (Å²) >= 11 is 0. The summed E-state index contributed by atoms with van der Waals surface area (Å²) in [6, 6.07) is 42.9.